The second-order valence-electron chi connectivity index (χ2n) is 7.80. The summed E-state index contributed by atoms with van der Waals surface area (Å²) in [5, 5.41) is 9.97. The van der Waals surface area contributed by atoms with E-state index in [1.165, 1.54) is 11.1 Å². The molecule has 162 valence electrons. The van der Waals surface area contributed by atoms with E-state index in [0.717, 1.165) is 55.0 Å². The molecule has 0 bridgehead atoms. The molecule has 1 saturated heterocycles. The second kappa shape index (κ2) is 10.6. The van der Waals surface area contributed by atoms with Crippen LogP contribution in [0, 0.1) is 0 Å². The molecule has 4 rings (SSSR count). The van der Waals surface area contributed by atoms with Gasteiger partial charge in [0, 0.05) is 43.2 Å². The lowest BCUT2D eigenvalue weighted by Gasteiger charge is -2.31. The van der Waals surface area contributed by atoms with Crippen LogP contribution in [0.4, 0.5) is 0 Å². The number of nitrogens with zero attached hydrogens (tertiary/aromatic N) is 5. The molecule has 3 aromatic rings. The van der Waals surface area contributed by atoms with E-state index in [9.17, 15) is 0 Å². The third kappa shape index (κ3) is 5.54. The van der Waals surface area contributed by atoms with Gasteiger partial charge in [-0.3, -0.25) is 9.88 Å². The first-order chi connectivity index (χ1) is 15.2. The number of rotatable bonds is 9. The molecule has 0 spiro atoms. The van der Waals surface area contributed by atoms with Gasteiger partial charge >= 0.3 is 0 Å². The van der Waals surface area contributed by atoms with Gasteiger partial charge < -0.3 is 9.30 Å². The van der Waals surface area contributed by atoms with E-state index in [4.69, 9.17) is 4.74 Å². The molecule has 0 N–H and O–H groups in total. The molecule has 0 unspecified atom stereocenters. The van der Waals surface area contributed by atoms with Gasteiger partial charge in [0.2, 0.25) is 0 Å². The summed E-state index contributed by atoms with van der Waals surface area (Å²) in [7, 11) is 2.09. The van der Waals surface area contributed by atoms with Crippen molar-refractivity contribution in [2.45, 2.75) is 36.2 Å². The Labute approximate surface area is 188 Å². The van der Waals surface area contributed by atoms with Crippen molar-refractivity contribution in [1.82, 2.24) is 24.6 Å². The number of aromatic nitrogens is 4. The molecule has 0 saturated carbocycles. The Morgan fingerprint density at radius 2 is 1.90 bits per heavy atom. The third-order valence-electron chi connectivity index (χ3n) is 5.66. The Bertz CT molecular complexity index is 983. The minimum absolute atomic E-state index is 0.455. The largest absolute Gasteiger partial charge is 0.489 e. The van der Waals surface area contributed by atoms with E-state index in [0.29, 0.717) is 12.5 Å². The summed E-state index contributed by atoms with van der Waals surface area (Å²) in [5.74, 6) is 3.39. The normalized spacial score (nSPS) is 15.1. The highest BCUT2D eigenvalue weighted by Gasteiger charge is 2.25. The predicted molar refractivity (Wildman–Crippen MR) is 124 cm³/mol. The Balaban J connectivity index is 1.32. The zero-order valence-electron chi connectivity index (χ0n) is 18.0. The first-order valence-electron chi connectivity index (χ1n) is 10.7. The molecular weight excluding hydrogens is 406 g/mol. The fourth-order valence-corrected chi connectivity index (χ4v) is 4.82. The van der Waals surface area contributed by atoms with E-state index < -0.39 is 0 Å². The number of benzene rings is 1. The Hall–Kier alpha value is -2.64. The maximum absolute atomic E-state index is 5.82. The molecule has 1 aliphatic rings. The van der Waals surface area contributed by atoms with Crippen LogP contribution in [0.25, 0.3) is 0 Å². The molecule has 2 aromatic heterocycles. The summed E-state index contributed by atoms with van der Waals surface area (Å²) in [6.45, 7) is 7.28. The van der Waals surface area contributed by atoms with Crippen LogP contribution < -0.4 is 4.74 Å². The number of hydrogen-bond acceptors (Lipinski definition) is 6. The number of piperidine rings is 1. The maximum Gasteiger partial charge on any atom is 0.191 e. The van der Waals surface area contributed by atoms with Crippen molar-refractivity contribution in [2.75, 3.05) is 19.7 Å². The highest BCUT2D eigenvalue weighted by molar-refractivity contribution is 7.98. The Kier molecular flexibility index (Phi) is 7.38. The van der Waals surface area contributed by atoms with Gasteiger partial charge in [0.25, 0.3) is 0 Å². The van der Waals surface area contributed by atoms with Crippen molar-refractivity contribution < 1.29 is 4.74 Å². The molecule has 3 heterocycles. The highest BCUT2D eigenvalue weighted by Crippen LogP contribution is 2.31. The first-order valence-corrected chi connectivity index (χ1v) is 11.7. The monoisotopic (exact) mass is 435 g/mol. The summed E-state index contributed by atoms with van der Waals surface area (Å²) in [6, 6.07) is 12.4. The molecule has 0 aliphatic carbocycles. The smallest absolute Gasteiger partial charge is 0.191 e. The molecule has 1 fully saturated rings. The van der Waals surface area contributed by atoms with Crippen molar-refractivity contribution >= 4 is 11.8 Å². The SMILES string of the molecule is C=CCOc1ccccc1CN1CCC(c2nnc(SCc3ccncc3)n2C)CC1. The van der Waals surface area contributed by atoms with Crippen LogP contribution in [-0.4, -0.2) is 44.3 Å². The Morgan fingerprint density at radius 3 is 2.68 bits per heavy atom. The third-order valence-corrected chi connectivity index (χ3v) is 6.75. The zero-order chi connectivity index (χ0) is 21.5. The van der Waals surface area contributed by atoms with Crippen molar-refractivity contribution in [1.29, 1.82) is 0 Å². The van der Waals surface area contributed by atoms with E-state index >= 15 is 0 Å². The molecule has 6 nitrogen and oxygen atoms in total. The molecule has 1 aromatic carbocycles. The minimum Gasteiger partial charge on any atom is -0.489 e. The van der Waals surface area contributed by atoms with Gasteiger partial charge in [-0.2, -0.15) is 0 Å². The fourth-order valence-electron chi connectivity index (χ4n) is 3.95. The number of ether oxygens (including phenoxy) is 1. The van der Waals surface area contributed by atoms with E-state index in [1.807, 2.05) is 36.7 Å². The molecule has 1 aliphatic heterocycles. The quantitative estimate of drug-likeness (QED) is 0.366. The number of para-hydroxylation sites is 1. The summed E-state index contributed by atoms with van der Waals surface area (Å²) >= 11 is 1.73. The number of likely N-dealkylation sites (tertiary alicyclic amines) is 1. The van der Waals surface area contributed by atoms with Crippen molar-refractivity contribution in [3.8, 4) is 5.75 Å². The molecule has 31 heavy (non-hydrogen) atoms. The lowest BCUT2D eigenvalue weighted by Crippen LogP contribution is -2.33. The average Bonchev–Trinajstić information content (AvgIpc) is 3.18. The van der Waals surface area contributed by atoms with E-state index in [1.54, 1.807) is 17.8 Å². The number of pyridine rings is 1. The van der Waals surface area contributed by atoms with Crippen LogP contribution >= 0.6 is 11.8 Å². The van der Waals surface area contributed by atoms with Crippen LogP contribution in [0.3, 0.4) is 0 Å². The van der Waals surface area contributed by atoms with Gasteiger partial charge in [-0.05, 0) is 49.7 Å². The van der Waals surface area contributed by atoms with Gasteiger partial charge in [-0.1, -0.05) is 42.6 Å². The molecular formula is C24H29N5OS. The lowest BCUT2D eigenvalue weighted by atomic mass is 9.95. The summed E-state index contributed by atoms with van der Waals surface area (Å²) < 4.78 is 7.99. The van der Waals surface area contributed by atoms with E-state index in [2.05, 4.69) is 50.4 Å². The van der Waals surface area contributed by atoms with Crippen molar-refractivity contribution in [3.05, 3.63) is 78.4 Å². The molecule has 0 atom stereocenters. The maximum atomic E-state index is 5.82. The standard InChI is InChI=1S/C24H29N5OS/c1-3-16-30-22-7-5-4-6-21(22)17-29-14-10-20(11-15-29)23-26-27-24(28(23)2)31-18-19-8-12-25-13-9-19/h3-9,12-13,20H,1,10-11,14-18H2,2H3. The van der Waals surface area contributed by atoms with E-state index in [-0.39, 0.29) is 0 Å². The predicted octanol–water partition coefficient (Wildman–Crippen LogP) is 4.45. The summed E-state index contributed by atoms with van der Waals surface area (Å²) in [4.78, 5) is 6.58. The van der Waals surface area contributed by atoms with Crippen LogP contribution in [0.2, 0.25) is 0 Å². The van der Waals surface area contributed by atoms with Crippen molar-refractivity contribution in [2.24, 2.45) is 7.05 Å². The average molecular weight is 436 g/mol. The highest BCUT2D eigenvalue weighted by atomic mass is 32.2. The van der Waals surface area contributed by atoms with Crippen LogP contribution in [-0.2, 0) is 19.3 Å². The zero-order valence-corrected chi connectivity index (χ0v) is 18.8. The first kappa shape index (κ1) is 21.6. The van der Waals surface area contributed by atoms with Crippen LogP contribution in [0.5, 0.6) is 5.75 Å². The number of thioether (sulfide) groups is 1. The lowest BCUT2D eigenvalue weighted by molar-refractivity contribution is 0.197. The van der Waals surface area contributed by atoms with Gasteiger partial charge in [0.15, 0.2) is 5.16 Å². The minimum atomic E-state index is 0.455. The summed E-state index contributed by atoms with van der Waals surface area (Å²) in [6.07, 6.45) is 7.63. The van der Waals surface area contributed by atoms with Gasteiger partial charge in [-0.15, -0.1) is 10.2 Å². The Morgan fingerprint density at radius 1 is 1.13 bits per heavy atom. The number of hydrogen-bond donors (Lipinski definition) is 0. The van der Waals surface area contributed by atoms with Gasteiger partial charge in [-0.25, -0.2) is 0 Å². The second-order valence-corrected chi connectivity index (χ2v) is 8.74. The summed E-state index contributed by atoms with van der Waals surface area (Å²) in [5.41, 5.74) is 2.48. The van der Waals surface area contributed by atoms with Crippen molar-refractivity contribution in [3.63, 3.8) is 0 Å². The fraction of sp³-hybridized carbons (Fsp3) is 0.375. The van der Waals surface area contributed by atoms with Gasteiger partial charge in [0.05, 0.1) is 0 Å². The van der Waals surface area contributed by atoms with Gasteiger partial charge in [0.1, 0.15) is 18.2 Å². The molecule has 7 heteroatoms. The molecule has 0 radical (unpaired) electrons. The van der Waals surface area contributed by atoms with Crippen LogP contribution in [0.1, 0.15) is 35.7 Å². The topological polar surface area (TPSA) is 56.1 Å². The van der Waals surface area contributed by atoms with Crippen LogP contribution in [0.15, 0.2) is 66.6 Å². The molecule has 0 amide bonds.